The Labute approximate surface area is 104 Å². The van der Waals surface area contributed by atoms with Gasteiger partial charge in [-0.3, -0.25) is 0 Å². The van der Waals surface area contributed by atoms with E-state index < -0.39 is 0 Å². The third-order valence-electron chi connectivity index (χ3n) is 2.40. The van der Waals surface area contributed by atoms with Crippen LogP contribution in [-0.4, -0.2) is 13.2 Å². The quantitative estimate of drug-likeness (QED) is 0.760. The third-order valence-corrected chi connectivity index (χ3v) is 2.40. The molecule has 0 atom stereocenters. The van der Waals surface area contributed by atoms with Gasteiger partial charge < -0.3 is 10.1 Å². The van der Waals surface area contributed by atoms with E-state index in [4.69, 9.17) is 11.2 Å². The van der Waals surface area contributed by atoms with E-state index >= 15 is 0 Å². The van der Waals surface area contributed by atoms with Gasteiger partial charge >= 0.3 is 0 Å². The fraction of sp³-hybridized carbons (Fsp3) is 0.467. The van der Waals surface area contributed by atoms with Crippen LogP contribution in [0.1, 0.15) is 25.0 Å². The van der Waals surface area contributed by atoms with E-state index in [1.807, 2.05) is 12.1 Å². The number of terminal acetylenes is 1. The number of hydrogen-bond acceptors (Lipinski definition) is 2. The average molecular weight is 231 g/mol. The van der Waals surface area contributed by atoms with Gasteiger partial charge in [-0.2, -0.15) is 0 Å². The van der Waals surface area contributed by atoms with Crippen LogP contribution in [-0.2, 0) is 6.54 Å². The molecule has 1 aromatic rings. The monoisotopic (exact) mass is 231 g/mol. The summed E-state index contributed by atoms with van der Waals surface area (Å²) in [7, 11) is 0. The number of nitrogens with one attached hydrogen (secondary N) is 1. The standard InChI is InChI=1S/C15H21NO/c1-5-8-17-15-7-6-13(4)9-14(15)11-16-10-12(2)3/h1,6-7,9,12,16H,8,10-11H2,2-4H3. The van der Waals surface area contributed by atoms with Crippen molar-refractivity contribution in [3.05, 3.63) is 29.3 Å². The van der Waals surface area contributed by atoms with E-state index in [0.29, 0.717) is 12.5 Å². The van der Waals surface area contributed by atoms with Crippen molar-refractivity contribution < 1.29 is 4.74 Å². The highest BCUT2D eigenvalue weighted by atomic mass is 16.5. The molecule has 0 heterocycles. The fourth-order valence-electron chi connectivity index (χ4n) is 1.60. The van der Waals surface area contributed by atoms with Crippen LogP contribution in [0.15, 0.2) is 18.2 Å². The van der Waals surface area contributed by atoms with E-state index in [2.05, 4.69) is 38.1 Å². The Hall–Kier alpha value is -1.46. The number of hydrogen-bond donors (Lipinski definition) is 1. The molecule has 0 unspecified atom stereocenters. The summed E-state index contributed by atoms with van der Waals surface area (Å²) in [6, 6.07) is 6.16. The van der Waals surface area contributed by atoms with Crippen molar-refractivity contribution in [2.45, 2.75) is 27.3 Å². The number of ether oxygens (including phenoxy) is 1. The lowest BCUT2D eigenvalue weighted by atomic mass is 10.1. The number of benzene rings is 1. The van der Waals surface area contributed by atoms with Crippen LogP contribution < -0.4 is 10.1 Å². The molecule has 1 aromatic carbocycles. The zero-order valence-corrected chi connectivity index (χ0v) is 10.9. The maximum Gasteiger partial charge on any atom is 0.148 e. The van der Waals surface area contributed by atoms with E-state index in [1.165, 1.54) is 11.1 Å². The van der Waals surface area contributed by atoms with Gasteiger partial charge in [0.15, 0.2) is 0 Å². The molecule has 0 aliphatic carbocycles. The van der Waals surface area contributed by atoms with Crippen molar-refractivity contribution in [1.82, 2.24) is 5.32 Å². The molecular formula is C15H21NO. The van der Waals surface area contributed by atoms with Crippen LogP contribution in [0.2, 0.25) is 0 Å². The lowest BCUT2D eigenvalue weighted by Crippen LogP contribution is -2.19. The summed E-state index contributed by atoms with van der Waals surface area (Å²) in [5.74, 6) is 4.02. The van der Waals surface area contributed by atoms with Gasteiger partial charge in [0.1, 0.15) is 12.4 Å². The summed E-state index contributed by atoms with van der Waals surface area (Å²) in [5.41, 5.74) is 2.40. The summed E-state index contributed by atoms with van der Waals surface area (Å²) in [6.07, 6.45) is 5.21. The number of aryl methyl sites for hydroxylation is 1. The molecule has 2 nitrogen and oxygen atoms in total. The van der Waals surface area contributed by atoms with Crippen molar-refractivity contribution in [2.24, 2.45) is 5.92 Å². The second-order valence-electron chi connectivity index (χ2n) is 4.63. The molecule has 1 N–H and O–H groups in total. The molecular weight excluding hydrogens is 210 g/mol. The predicted molar refractivity (Wildman–Crippen MR) is 72.1 cm³/mol. The zero-order chi connectivity index (χ0) is 12.7. The van der Waals surface area contributed by atoms with E-state index in [1.54, 1.807) is 0 Å². The van der Waals surface area contributed by atoms with Gasteiger partial charge in [-0.25, -0.2) is 0 Å². The number of rotatable bonds is 6. The first kappa shape index (κ1) is 13.6. The normalized spacial score (nSPS) is 10.3. The van der Waals surface area contributed by atoms with Gasteiger partial charge in [0, 0.05) is 12.1 Å². The highest BCUT2D eigenvalue weighted by molar-refractivity contribution is 5.37. The molecule has 0 saturated heterocycles. The minimum Gasteiger partial charge on any atom is -0.481 e. The van der Waals surface area contributed by atoms with Crippen molar-refractivity contribution in [2.75, 3.05) is 13.2 Å². The highest BCUT2D eigenvalue weighted by Crippen LogP contribution is 2.19. The molecule has 0 bridgehead atoms. The van der Waals surface area contributed by atoms with Gasteiger partial charge in [-0.1, -0.05) is 37.5 Å². The van der Waals surface area contributed by atoms with Gasteiger partial charge in [0.05, 0.1) is 0 Å². The summed E-state index contributed by atoms with van der Waals surface area (Å²) < 4.78 is 5.52. The molecule has 0 radical (unpaired) electrons. The highest BCUT2D eigenvalue weighted by Gasteiger charge is 2.04. The fourth-order valence-corrected chi connectivity index (χ4v) is 1.60. The Bertz CT molecular complexity index is 390. The SMILES string of the molecule is C#CCOc1ccc(C)cc1CNCC(C)C. The Morgan fingerprint density at radius 2 is 2.18 bits per heavy atom. The largest absolute Gasteiger partial charge is 0.481 e. The predicted octanol–water partition coefficient (Wildman–Crippen LogP) is 2.75. The molecule has 92 valence electrons. The molecule has 0 fully saturated rings. The van der Waals surface area contributed by atoms with Gasteiger partial charge in [0.25, 0.3) is 0 Å². The molecule has 0 aliphatic rings. The summed E-state index contributed by atoms with van der Waals surface area (Å²) in [6.45, 7) is 8.61. The first-order chi connectivity index (χ1) is 8.13. The molecule has 0 amide bonds. The van der Waals surface area contributed by atoms with Gasteiger partial charge in [-0.15, -0.1) is 6.42 Å². The average Bonchev–Trinajstić information content (AvgIpc) is 2.27. The molecule has 0 saturated carbocycles. The third kappa shape index (κ3) is 4.93. The summed E-state index contributed by atoms with van der Waals surface area (Å²) in [5, 5.41) is 3.41. The van der Waals surface area contributed by atoms with Crippen molar-refractivity contribution in [1.29, 1.82) is 0 Å². The van der Waals surface area contributed by atoms with Crippen molar-refractivity contribution in [3.63, 3.8) is 0 Å². The molecule has 0 spiro atoms. The lowest BCUT2D eigenvalue weighted by molar-refractivity contribution is 0.364. The Balaban J connectivity index is 2.66. The van der Waals surface area contributed by atoms with Crippen LogP contribution in [0.4, 0.5) is 0 Å². The Morgan fingerprint density at radius 3 is 2.82 bits per heavy atom. The second kappa shape index (κ2) is 6.98. The zero-order valence-electron chi connectivity index (χ0n) is 10.9. The molecule has 17 heavy (non-hydrogen) atoms. The van der Waals surface area contributed by atoms with Crippen LogP contribution >= 0.6 is 0 Å². The smallest absolute Gasteiger partial charge is 0.148 e. The van der Waals surface area contributed by atoms with E-state index in [-0.39, 0.29) is 0 Å². The van der Waals surface area contributed by atoms with Gasteiger partial charge in [0.2, 0.25) is 0 Å². The topological polar surface area (TPSA) is 21.3 Å². The van der Waals surface area contributed by atoms with Gasteiger partial charge in [-0.05, 0) is 25.5 Å². The minimum atomic E-state index is 0.320. The van der Waals surface area contributed by atoms with Crippen molar-refractivity contribution >= 4 is 0 Å². The Morgan fingerprint density at radius 1 is 1.41 bits per heavy atom. The second-order valence-corrected chi connectivity index (χ2v) is 4.63. The maximum absolute atomic E-state index is 5.52. The first-order valence-electron chi connectivity index (χ1n) is 6.00. The molecule has 1 rings (SSSR count). The van der Waals surface area contributed by atoms with Crippen LogP contribution in [0.25, 0.3) is 0 Å². The van der Waals surface area contributed by atoms with E-state index in [0.717, 1.165) is 18.8 Å². The lowest BCUT2D eigenvalue weighted by Gasteiger charge is -2.12. The Kier molecular flexibility index (Phi) is 5.59. The van der Waals surface area contributed by atoms with Crippen LogP contribution in [0.5, 0.6) is 5.75 Å². The summed E-state index contributed by atoms with van der Waals surface area (Å²) >= 11 is 0. The molecule has 0 aromatic heterocycles. The molecule has 2 heteroatoms. The summed E-state index contributed by atoms with van der Waals surface area (Å²) in [4.78, 5) is 0. The van der Waals surface area contributed by atoms with Crippen molar-refractivity contribution in [3.8, 4) is 18.1 Å². The minimum absolute atomic E-state index is 0.320. The van der Waals surface area contributed by atoms with Crippen LogP contribution in [0, 0.1) is 25.2 Å². The molecule has 0 aliphatic heterocycles. The first-order valence-corrected chi connectivity index (χ1v) is 6.00. The van der Waals surface area contributed by atoms with Crippen LogP contribution in [0.3, 0.4) is 0 Å². The van der Waals surface area contributed by atoms with E-state index in [9.17, 15) is 0 Å². The maximum atomic E-state index is 5.52.